The number of nitrogens with zero attached hydrogens (tertiary/aromatic N) is 3. The molecule has 0 aliphatic carbocycles. The van der Waals surface area contributed by atoms with Crippen LogP contribution in [0.3, 0.4) is 0 Å². The van der Waals surface area contributed by atoms with E-state index in [0.29, 0.717) is 13.1 Å². The molecule has 0 radical (unpaired) electrons. The lowest BCUT2D eigenvalue weighted by Gasteiger charge is -2.45. The first kappa shape index (κ1) is 15.0. The van der Waals surface area contributed by atoms with E-state index < -0.39 is 0 Å². The number of likely N-dealkylation sites (N-methyl/N-ethyl adjacent to an activating group) is 1. The van der Waals surface area contributed by atoms with Crippen molar-refractivity contribution >= 4 is 11.8 Å². The van der Waals surface area contributed by atoms with Gasteiger partial charge in [-0.15, -0.1) is 0 Å². The maximum atomic E-state index is 12.3. The molecule has 22 heavy (non-hydrogen) atoms. The Kier molecular flexibility index (Phi) is 3.91. The van der Waals surface area contributed by atoms with Gasteiger partial charge in [0.25, 0.3) is 0 Å². The van der Waals surface area contributed by atoms with Gasteiger partial charge < -0.3 is 9.80 Å². The predicted octanol–water partition coefficient (Wildman–Crippen LogP) is 0.788. The second kappa shape index (κ2) is 5.72. The van der Waals surface area contributed by atoms with Crippen LogP contribution in [-0.2, 0) is 16.1 Å². The third-order valence-electron chi connectivity index (χ3n) is 4.72. The number of hydrogen-bond donors (Lipinski definition) is 0. The summed E-state index contributed by atoms with van der Waals surface area (Å²) >= 11 is 0. The predicted molar refractivity (Wildman–Crippen MR) is 84.3 cm³/mol. The molecule has 2 amide bonds. The summed E-state index contributed by atoms with van der Waals surface area (Å²) in [7, 11) is 1.71. The molecule has 0 spiro atoms. The lowest BCUT2D eigenvalue weighted by Crippen LogP contribution is -2.65. The van der Waals surface area contributed by atoms with Crippen LogP contribution >= 0.6 is 0 Å². The Balaban J connectivity index is 1.74. The second-order valence-corrected chi connectivity index (χ2v) is 6.46. The van der Waals surface area contributed by atoms with Crippen molar-refractivity contribution in [3.8, 4) is 0 Å². The lowest BCUT2D eigenvalue weighted by molar-refractivity contribution is -0.158. The first-order valence-electron chi connectivity index (χ1n) is 7.78. The number of hydrogen-bond acceptors (Lipinski definition) is 3. The lowest BCUT2D eigenvalue weighted by atomic mass is 10.0. The van der Waals surface area contributed by atoms with Gasteiger partial charge in [0.15, 0.2) is 0 Å². The molecule has 0 unspecified atom stereocenters. The van der Waals surface area contributed by atoms with Crippen LogP contribution in [0, 0.1) is 13.8 Å². The molecule has 118 valence electrons. The van der Waals surface area contributed by atoms with Crippen LogP contribution in [0.5, 0.6) is 0 Å². The maximum Gasteiger partial charge on any atom is 0.246 e. The highest BCUT2D eigenvalue weighted by Gasteiger charge is 2.41. The molecule has 2 fully saturated rings. The SMILES string of the molecule is Cc1ccc(C)c(CN2CCN3C(=O)CN(C)C(=O)[C@H]3C2)c1. The summed E-state index contributed by atoms with van der Waals surface area (Å²) in [5.74, 6) is 0.128. The number of carbonyl (C=O) groups is 2. The monoisotopic (exact) mass is 301 g/mol. The number of piperazine rings is 2. The van der Waals surface area contributed by atoms with Gasteiger partial charge in [0.2, 0.25) is 11.8 Å². The van der Waals surface area contributed by atoms with Crippen LogP contribution in [0.15, 0.2) is 18.2 Å². The van der Waals surface area contributed by atoms with E-state index in [1.807, 2.05) is 0 Å². The number of carbonyl (C=O) groups excluding carboxylic acids is 2. The molecule has 2 saturated heterocycles. The van der Waals surface area contributed by atoms with Crippen LogP contribution in [0.2, 0.25) is 0 Å². The standard InChI is InChI=1S/C17H23N3O2/c1-12-4-5-13(2)14(8-12)9-19-6-7-20-15(10-19)17(22)18(3)11-16(20)21/h4-5,8,15H,6-7,9-11H2,1-3H3/t15-/m1/s1. The largest absolute Gasteiger partial charge is 0.335 e. The molecule has 0 bridgehead atoms. The molecule has 2 aliphatic rings. The molecule has 0 N–H and O–H groups in total. The van der Waals surface area contributed by atoms with Crippen molar-refractivity contribution in [1.82, 2.24) is 14.7 Å². The second-order valence-electron chi connectivity index (χ2n) is 6.46. The van der Waals surface area contributed by atoms with Crippen molar-refractivity contribution in [3.05, 3.63) is 34.9 Å². The minimum absolute atomic E-state index is 0.0604. The van der Waals surface area contributed by atoms with Gasteiger partial charge in [-0.2, -0.15) is 0 Å². The van der Waals surface area contributed by atoms with Gasteiger partial charge in [-0.1, -0.05) is 23.8 Å². The number of benzene rings is 1. The first-order valence-corrected chi connectivity index (χ1v) is 7.78. The molecule has 2 heterocycles. The summed E-state index contributed by atoms with van der Waals surface area (Å²) in [6, 6.07) is 6.16. The van der Waals surface area contributed by atoms with Crippen LogP contribution in [0.1, 0.15) is 16.7 Å². The molecule has 5 nitrogen and oxygen atoms in total. The summed E-state index contributed by atoms with van der Waals surface area (Å²) in [6.07, 6.45) is 0. The summed E-state index contributed by atoms with van der Waals surface area (Å²) in [5.41, 5.74) is 3.83. The number of rotatable bonds is 2. The van der Waals surface area contributed by atoms with Gasteiger partial charge in [0.1, 0.15) is 6.04 Å². The Morgan fingerprint density at radius 1 is 1.18 bits per heavy atom. The number of aryl methyl sites for hydroxylation is 2. The van der Waals surface area contributed by atoms with E-state index in [4.69, 9.17) is 0 Å². The fourth-order valence-corrected chi connectivity index (χ4v) is 3.33. The summed E-state index contributed by atoms with van der Waals surface area (Å²) in [4.78, 5) is 30.0. The Labute approximate surface area is 131 Å². The zero-order valence-electron chi connectivity index (χ0n) is 13.5. The Bertz CT molecular complexity index is 614. The molecular formula is C17H23N3O2. The van der Waals surface area contributed by atoms with E-state index in [2.05, 4.69) is 36.9 Å². The van der Waals surface area contributed by atoms with Gasteiger partial charge in [0.05, 0.1) is 6.54 Å². The van der Waals surface area contributed by atoms with Crippen molar-refractivity contribution in [2.75, 3.05) is 33.2 Å². The quantitative estimate of drug-likeness (QED) is 0.811. The van der Waals surface area contributed by atoms with Crippen molar-refractivity contribution < 1.29 is 9.59 Å². The fraction of sp³-hybridized carbons (Fsp3) is 0.529. The summed E-state index contributed by atoms with van der Waals surface area (Å²) < 4.78 is 0. The molecule has 0 aromatic heterocycles. The highest BCUT2D eigenvalue weighted by Crippen LogP contribution is 2.20. The molecule has 1 atom stereocenters. The Morgan fingerprint density at radius 3 is 2.73 bits per heavy atom. The van der Waals surface area contributed by atoms with Gasteiger partial charge in [0, 0.05) is 33.2 Å². The zero-order chi connectivity index (χ0) is 15.9. The average Bonchev–Trinajstić information content (AvgIpc) is 2.48. The fourth-order valence-electron chi connectivity index (χ4n) is 3.33. The van der Waals surface area contributed by atoms with Gasteiger partial charge in [-0.05, 0) is 25.0 Å². The average molecular weight is 301 g/mol. The maximum absolute atomic E-state index is 12.3. The third kappa shape index (κ3) is 2.73. The minimum atomic E-state index is -0.315. The van der Waals surface area contributed by atoms with Gasteiger partial charge in [-0.3, -0.25) is 14.5 Å². The summed E-state index contributed by atoms with van der Waals surface area (Å²) in [6.45, 7) is 7.37. The minimum Gasteiger partial charge on any atom is -0.335 e. The van der Waals surface area contributed by atoms with E-state index in [0.717, 1.165) is 13.1 Å². The van der Waals surface area contributed by atoms with Crippen molar-refractivity contribution in [2.45, 2.75) is 26.4 Å². The van der Waals surface area contributed by atoms with Crippen LogP contribution in [-0.4, -0.2) is 65.8 Å². The van der Waals surface area contributed by atoms with Gasteiger partial charge in [-0.25, -0.2) is 0 Å². The zero-order valence-corrected chi connectivity index (χ0v) is 13.5. The number of fused-ring (bicyclic) bond motifs is 1. The van der Waals surface area contributed by atoms with E-state index in [1.165, 1.54) is 16.7 Å². The van der Waals surface area contributed by atoms with Crippen LogP contribution in [0.25, 0.3) is 0 Å². The smallest absolute Gasteiger partial charge is 0.246 e. The van der Waals surface area contributed by atoms with Crippen molar-refractivity contribution in [2.24, 2.45) is 0 Å². The Morgan fingerprint density at radius 2 is 1.95 bits per heavy atom. The molecular weight excluding hydrogens is 278 g/mol. The van der Waals surface area contributed by atoms with E-state index in [1.54, 1.807) is 16.8 Å². The van der Waals surface area contributed by atoms with Crippen molar-refractivity contribution in [3.63, 3.8) is 0 Å². The molecule has 1 aromatic carbocycles. The molecule has 1 aromatic rings. The highest BCUT2D eigenvalue weighted by molar-refractivity contribution is 5.95. The topological polar surface area (TPSA) is 43.9 Å². The normalized spacial score (nSPS) is 23.0. The van der Waals surface area contributed by atoms with E-state index >= 15 is 0 Å². The van der Waals surface area contributed by atoms with Crippen LogP contribution in [0.4, 0.5) is 0 Å². The molecule has 2 aliphatic heterocycles. The van der Waals surface area contributed by atoms with Crippen LogP contribution < -0.4 is 0 Å². The highest BCUT2D eigenvalue weighted by atomic mass is 16.2. The van der Waals surface area contributed by atoms with E-state index in [9.17, 15) is 9.59 Å². The number of amides is 2. The first-order chi connectivity index (χ1) is 10.5. The van der Waals surface area contributed by atoms with Crippen molar-refractivity contribution in [1.29, 1.82) is 0 Å². The Hall–Kier alpha value is -1.88. The molecule has 3 rings (SSSR count). The van der Waals surface area contributed by atoms with Gasteiger partial charge >= 0.3 is 0 Å². The summed E-state index contributed by atoms with van der Waals surface area (Å²) in [5, 5.41) is 0. The van der Waals surface area contributed by atoms with E-state index in [-0.39, 0.29) is 24.4 Å². The molecule has 0 saturated carbocycles. The third-order valence-corrected chi connectivity index (χ3v) is 4.72. The molecule has 5 heteroatoms.